The van der Waals surface area contributed by atoms with E-state index in [1.165, 1.54) is 0 Å². The number of aliphatic hydroxyl groups is 1. The third kappa shape index (κ3) is 5.40. The van der Waals surface area contributed by atoms with Crippen molar-refractivity contribution in [1.29, 1.82) is 0 Å². The molecule has 1 heterocycles. The number of aliphatic hydroxyl groups excluding tert-OH is 1. The summed E-state index contributed by atoms with van der Waals surface area (Å²) in [6.07, 6.45) is -0.789. The van der Waals surface area contributed by atoms with Crippen LogP contribution in [0.15, 0.2) is 42.5 Å². The Morgan fingerprint density at radius 3 is 2.58 bits per heavy atom. The SMILES string of the molecule is CN(C)c1cccc(CNC(=O)NCC(O)c2ccc(Cl)cc2)n1. The van der Waals surface area contributed by atoms with Gasteiger partial charge in [-0.15, -0.1) is 0 Å². The van der Waals surface area contributed by atoms with Gasteiger partial charge in [0, 0.05) is 25.7 Å². The Labute approximate surface area is 146 Å². The van der Waals surface area contributed by atoms with Gasteiger partial charge in [-0.1, -0.05) is 29.8 Å². The minimum atomic E-state index is -0.789. The number of nitrogens with one attached hydrogen (secondary N) is 2. The van der Waals surface area contributed by atoms with Crippen molar-refractivity contribution < 1.29 is 9.90 Å². The van der Waals surface area contributed by atoms with Gasteiger partial charge in [-0.25, -0.2) is 9.78 Å². The van der Waals surface area contributed by atoms with Crippen molar-refractivity contribution in [2.45, 2.75) is 12.6 Å². The largest absolute Gasteiger partial charge is 0.387 e. The number of rotatable bonds is 6. The lowest BCUT2D eigenvalue weighted by Gasteiger charge is -2.14. The number of pyridine rings is 1. The molecule has 2 aromatic rings. The van der Waals surface area contributed by atoms with Crippen LogP contribution >= 0.6 is 11.6 Å². The normalized spacial score (nSPS) is 11.7. The van der Waals surface area contributed by atoms with Gasteiger partial charge in [-0.2, -0.15) is 0 Å². The van der Waals surface area contributed by atoms with Crippen LogP contribution in [0, 0.1) is 0 Å². The Morgan fingerprint density at radius 2 is 1.92 bits per heavy atom. The standard InChI is InChI=1S/C17H21ClN4O2/c1-22(2)16-5-3-4-14(21-16)10-19-17(24)20-11-15(23)12-6-8-13(18)9-7-12/h3-9,15,23H,10-11H2,1-2H3,(H2,19,20,24). The second-order valence-corrected chi connectivity index (χ2v) is 5.95. The minimum absolute atomic E-state index is 0.110. The van der Waals surface area contributed by atoms with Gasteiger partial charge >= 0.3 is 6.03 Å². The molecule has 128 valence electrons. The molecule has 0 bridgehead atoms. The summed E-state index contributed by atoms with van der Waals surface area (Å²) < 4.78 is 0. The van der Waals surface area contributed by atoms with Gasteiger partial charge in [0.1, 0.15) is 5.82 Å². The van der Waals surface area contributed by atoms with Crippen LogP contribution in [-0.2, 0) is 6.54 Å². The predicted octanol–water partition coefficient (Wildman–Crippen LogP) is 2.33. The quantitative estimate of drug-likeness (QED) is 0.748. The molecule has 0 fully saturated rings. The number of halogens is 1. The summed E-state index contributed by atoms with van der Waals surface area (Å²) in [7, 11) is 3.81. The molecule has 0 aliphatic heterocycles. The fourth-order valence-corrected chi connectivity index (χ4v) is 2.17. The molecule has 7 heteroatoms. The number of amides is 2. The summed E-state index contributed by atoms with van der Waals surface area (Å²) in [6, 6.07) is 12.1. The Hall–Kier alpha value is -2.31. The van der Waals surface area contributed by atoms with E-state index in [-0.39, 0.29) is 12.6 Å². The summed E-state index contributed by atoms with van der Waals surface area (Å²) in [5.74, 6) is 0.827. The molecule has 3 N–H and O–H groups in total. The minimum Gasteiger partial charge on any atom is -0.387 e. The summed E-state index contributed by atoms with van der Waals surface area (Å²) >= 11 is 5.80. The summed E-state index contributed by atoms with van der Waals surface area (Å²) in [5.41, 5.74) is 1.45. The number of hydrogen-bond acceptors (Lipinski definition) is 4. The second kappa shape index (κ2) is 8.52. The lowest BCUT2D eigenvalue weighted by Crippen LogP contribution is -2.37. The van der Waals surface area contributed by atoms with Crippen molar-refractivity contribution in [3.63, 3.8) is 0 Å². The van der Waals surface area contributed by atoms with Gasteiger partial charge in [-0.05, 0) is 29.8 Å². The fraction of sp³-hybridized carbons (Fsp3) is 0.294. The monoisotopic (exact) mass is 348 g/mol. The molecule has 0 radical (unpaired) electrons. The van der Waals surface area contributed by atoms with Crippen LogP contribution in [0.5, 0.6) is 0 Å². The maximum absolute atomic E-state index is 11.8. The number of anilines is 1. The van der Waals surface area contributed by atoms with Gasteiger partial charge in [-0.3, -0.25) is 0 Å². The molecule has 6 nitrogen and oxygen atoms in total. The van der Waals surface area contributed by atoms with Crippen LogP contribution in [0.25, 0.3) is 0 Å². The number of carbonyl (C=O) groups is 1. The van der Waals surface area contributed by atoms with Gasteiger partial charge in [0.15, 0.2) is 0 Å². The molecule has 1 unspecified atom stereocenters. The molecule has 0 saturated carbocycles. The average molecular weight is 349 g/mol. The van der Waals surface area contributed by atoms with Gasteiger partial charge < -0.3 is 20.6 Å². The third-order valence-corrected chi connectivity index (χ3v) is 3.64. The lowest BCUT2D eigenvalue weighted by atomic mass is 10.1. The molecule has 0 saturated heterocycles. The topological polar surface area (TPSA) is 77.5 Å². The van der Waals surface area contributed by atoms with Crippen LogP contribution in [0.2, 0.25) is 5.02 Å². The predicted molar refractivity (Wildman–Crippen MR) is 95.2 cm³/mol. The first-order chi connectivity index (χ1) is 11.5. The maximum Gasteiger partial charge on any atom is 0.315 e. The second-order valence-electron chi connectivity index (χ2n) is 5.51. The van der Waals surface area contributed by atoms with Crippen molar-refractivity contribution in [3.05, 3.63) is 58.7 Å². The van der Waals surface area contributed by atoms with E-state index in [1.807, 2.05) is 37.2 Å². The van der Waals surface area contributed by atoms with E-state index in [4.69, 9.17) is 11.6 Å². The van der Waals surface area contributed by atoms with Crippen LogP contribution in [0.3, 0.4) is 0 Å². The Balaban J connectivity index is 1.79. The molecule has 0 aliphatic carbocycles. The highest BCUT2D eigenvalue weighted by molar-refractivity contribution is 6.30. The molecule has 1 atom stereocenters. The first-order valence-electron chi connectivity index (χ1n) is 7.54. The number of urea groups is 1. The van der Waals surface area contributed by atoms with Gasteiger partial charge in [0.25, 0.3) is 0 Å². The number of hydrogen-bond donors (Lipinski definition) is 3. The van der Waals surface area contributed by atoms with E-state index in [1.54, 1.807) is 24.3 Å². The van der Waals surface area contributed by atoms with Gasteiger partial charge in [0.2, 0.25) is 0 Å². The number of nitrogens with zero attached hydrogens (tertiary/aromatic N) is 2. The molecular weight excluding hydrogens is 328 g/mol. The highest BCUT2D eigenvalue weighted by Gasteiger charge is 2.09. The van der Waals surface area contributed by atoms with Crippen molar-refractivity contribution in [1.82, 2.24) is 15.6 Å². The van der Waals surface area contributed by atoms with Crippen molar-refractivity contribution in [2.75, 3.05) is 25.5 Å². The fourth-order valence-electron chi connectivity index (χ4n) is 2.04. The van der Waals surface area contributed by atoms with E-state index in [9.17, 15) is 9.90 Å². The highest BCUT2D eigenvalue weighted by Crippen LogP contribution is 2.15. The van der Waals surface area contributed by atoms with E-state index in [2.05, 4.69) is 15.6 Å². The molecular formula is C17H21ClN4O2. The third-order valence-electron chi connectivity index (χ3n) is 3.39. The zero-order valence-corrected chi connectivity index (χ0v) is 14.4. The first-order valence-corrected chi connectivity index (χ1v) is 7.92. The van der Waals surface area contributed by atoms with E-state index < -0.39 is 6.10 Å². The maximum atomic E-state index is 11.8. The Kier molecular flexibility index (Phi) is 6.40. The number of aromatic nitrogens is 1. The molecule has 1 aromatic heterocycles. The van der Waals surface area contributed by atoms with E-state index in [0.29, 0.717) is 17.1 Å². The van der Waals surface area contributed by atoms with E-state index in [0.717, 1.165) is 11.5 Å². The Bertz CT molecular complexity index is 677. The summed E-state index contributed by atoms with van der Waals surface area (Å²) in [4.78, 5) is 18.1. The molecule has 2 amide bonds. The molecule has 0 aliphatic rings. The van der Waals surface area contributed by atoms with Crippen LogP contribution < -0.4 is 15.5 Å². The summed E-state index contributed by atoms with van der Waals surface area (Å²) in [5, 5.41) is 16.0. The molecule has 1 aromatic carbocycles. The first kappa shape index (κ1) is 18.0. The van der Waals surface area contributed by atoms with Crippen molar-refractivity contribution >= 4 is 23.4 Å². The van der Waals surface area contributed by atoms with Crippen LogP contribution in [0.1, 0.15) is 17.4 Å². The highest BCUT2D eigenvalue weighted by atomic mass is 35.5. The molecule has 2 rings (SSSR count). The zero-order valence-electron chi connectivity index (χ0n) is 13.7. The van der Waals surface area contributed by atoms with Gasteiger partial charge in [0.05, 0.1) is 18.3 Å². The Morgan fingerprint density at radius 1 is 1.21 bits per heavy atom. The van der Waals surface area contributed by atoms with E-state index >= 15 is 0 Å². The smallest absolute Gasteiger partial charge is 0.315 e. The number of carbonyl (C=O) groups excluding carboxylic acids is 1. The van der Waals surface area contributed by atoms with Crippen molar-refractivity contribution in [2.24, 2.45) is 0 Å². The van der Waals surface area contributed by atoms with Crippen molar-refractivity contribution in [3.8, 4) is 0 Å². The number of benzene rings is 1. The van der Waals surface area contributed by atoms with Crippen LogP contribution in [-0.4, -0.2) is 36.8 Å². The average Bonchev–Trinajstić information content (AvgIpc) is 2.58. The molecule has 24 heavy (non-hydrogen) atoms. The van der Waals surface area contributed by atoms with Crippen LogP contribution in [0.4, 0.5) is 10.6 Å². The zero-order chi connectivity index (χ0) is 17.5. The molecule has 0 spiro atoms. The lowest BCUT2D eigenvalue weighted by molar-refractivity contribution is 0.173. The summed E-state index contributed by atoms with van der Waals surface area (Å²) in [6.45, 7) is 0.420.